The van der Waals surface area contributed by atoms with Gasteiger partial charge in [0.1, 0.15) is 5.82 Å². The van der Waals surface area contributed by atoms with Crippen LogP contribution in [0, 0.1) is 5.82 Å². The molecule has 1 nitrogen and oxygen atoms in total. The summed E-state index contributed by atoms with van der Waals surface area (Å²) in [6.45, 7) is 2.04. The van der Waals surface area contributed by atoms with E-state index >= 15 is 0 Å². The van der Waals surface area contributed by atoms with E-state index in [-0.39, 0.29) is 5.56 Å². The normalized spacial score (nSPS) is 13.6. The van der Waals surface area contributed by atoms with Crippen LogP contribution in [-0.2, 0) is 6.18 Å². The molecule has 0 radical (unpaired) electrons. The van der Waals surface area contributed by atoms with Crippen LogP contribution in [0.5, 0.6) is 0 Å². The summed E-state index contributed by atoms with van der Waals surface area (Å²) in [5, 5.41) is 9.80. The maximum Gasteiger partial charge on any atom is 0.416 e. The molecule has 1 unspecified atom stereocenters. The molecule has 0 aliphatic rings. The first-order valence-corrected chi connectivity index (χ1v) is 6.40. The van der Waals surface area contributed by atoms with E-state index < -0.39 is 23.7 Å². The summed E-state index contributed by atoms with van der Waals surface area (Å²) in [6.07, 6.45) is -1.62. The lowest BCUT2D eigenvalue weighted by atomic mass is 10.0. The van der Waals surface area contributed by atoms with Gasteiger partial charge in [-0.05, 0) is 30.2 Å². The van der Waals surface area contributed by atoms with E-state index in [1.165, 1.54) is 0 Å². The van der Waals surface area contributed by atoms with Gasteiger partial charge in [-0.3, -0.25) is 0 Å². The molecular formula is C14H18F4O. The van der Waals surface area contributed by atoms with Gasteiger partial charge < -0.3 is 5.11 Å². The molecule has 1 atom stereocenters. The Bertz CT molecular complexity index is 401. The molecule has 0 aliphatic heterocycles. The average molecular weight is 278 g/mol. The smallest absolute Gasteiger partial charge is 0.388 e. The quantitative estimate of drug-likeness (QED) is 0.582. The highest BCUT2D eigenvalue weighted by Crippen LogP contribution is 2.32. The standard InChI is InChI=1S/C14H18F4O/c1-2-3-4-5-6-13(19)10-7-11(14(16,17)18)9-12(15)8-10/h7-9,13,19H,2-6H2,1H3. The van der Waals surface area contributed by atoms with Crippen LogP contribution in [0.1, 0.15) is 56.3 Å². The lowest BCUT2D eigenvalue weighted by Crippen LogP contribution is -2.08. The molecule has 0 heterocycles. The Morgan fingerprint density at radius 2 is 1.79 bits per heavy atom. The number of alkyl halides is 3. The summed E-state index contributed by atoms with van der Waals surface area (Å²) in [5.74, 6) is -0.975. The maximum absolute atomic E-state index is 13.2. The number of unbranched alkanes of at least 4 members (excludes halogenated alkanes) is 3. The lowest BCUT2D eigenvalue weighted by molar-refractivity contribution is -0.137. The monoisotopic (exact) mass is 278 g/mol. The third kappa shape index (κ3) is 5.19. The zero-order chi connectivity index (χ0) is 14.5. The number of hydrogen-bond acceptors (Lipinski definition) is 1. The molecule has 0 spiro atoms. The van der Waals surface area contributed by atoms with E-state index in [0.717, 1.165) is 31.4 Å². The molecule has 0 aliphatic carbocycles. The number of hydrogen-bond donors (Lipinski definition) is 1. The molecule has 1 N–H and O–H groups in total. The Hall–Kier alpha value is -1.10. The second kappa shape index (κ2) is 6.89. The summed E-state index contributed by atoms with van der Waals surface area (Å²) in [7, 11) is 0. The molecule has 0 saturated heterocycles. The van der Waals surface area contributed by atoms with Gasteiger partial charge in [0.15, 0.2) is 0 Å². The van der Waals surface area contributed by atoms with E-state index in [1.807, 2.05) is 6.92 Å². The molecule has 0 amide bonds. The largest absolute Gasteiger partial charge is 0.416 e. The third-order valence-electron chi connectivity index (χ3n) is 2.96. The van der Waals surface area contributed by atoms with Gasteiger partial charge in [-0.25, -0.2) is 4.39 Å². The molecule has 1 aromatic carbocycles. The fraction of sp³-hybridized carbons (Fsp3) is 0.571. The van der Waals surface area contributed by atoms with Gasteiger partial charge in [0.05, 0.1) is 11.7 Å². The van der Waals surface area contributed by atoms with Crippen molar-refractivity contribution in [3.63, 3.8) is 0 Å². The van der Waals surface area contributed by atoms with Crippen molar-refractivity contribution < 1.29 is 22.7 Å². The Labute approximate surface area is 110 Å². The minimum absolute atomic E-state index is 0.0103. The van der Waals surface area contributed by atoms with Gasteiger partial charge in [-0.1, -0.05) is 32.6 Å². The molecule has 1 aromatic rings. The van der Waals surface area contributed by atoms with E-state index in [2.05, 4.69) is 0 Å². The van der Waals surface area contributed by atoms with E-state index in [0.29, 0.717) is 18.9 Å². The topological polar surface area (TPSA) is 20.2 Å². The molecule has 0 fully saturated rings. The van der Waals surface area contributed by atoms with Crippen LogP contribution in [-0.4, -0.2) is 5.11 Å². The van der Waals surface area contributed by atoms with E-state index in [9.17, 15) is 22.7 Å². The molecule has 5 heteroatoms. The van der Waals surface area contributed by atoms with Crippen LogP contribution >= 0.6 is 0 Å². The SMILES string of the molecule is CCCCCCC(O)c1cc(F)cc(C(F)(F)F)c1. The van der Waals surface area contributed by atoms with Crippen molar-refractivity contribution in [2.75, 3.05) is 0 Å². The van der Waals surface area contributed by atoms with Crippen LogP contribution in [0.15, 0.2) is 18.2 Å². The van der Waals surface area contributed by atoms with Gasteiger partial charge >= 0.3 is 6.18 Å². The highest BCUT2D eigenvalue weighted by atomic mass is 19.4. The van der Waals surface area contributed by atoms with Crippen LogP contribution in [0.2, 0.25) is 0 Å². The average Bonchev–Trinajstić information content (AvgIpc) is 2.32. The van der Waals surface area contributed by atoms with Gasteiger partial charge in [0.25, 0.3) is 0 Å². The highest BCUT2D eigenvalue weighted by Gasteiger charge is 2.31. The Morgan fingerprint density at radius 1 is 1.11 bits per heavy atom. The van der Waals surface area contributed by atoms with Gasteiger partial charge in [0.2, 0.25) is 0 Å². The van der Waals surface area contributed by atoms with Crippen molar-refractivity contribution in [1.29, 1.82) is 0 Å². The van der Waals surface area contributed by atoms with Gasteiger partial charge in [0, 0.05) is 0 Å². The summed E-state index contributed by atoms with van der Waals surface area (Å²) >= 11 is 0. The number of aliphatic hydroxyl groups is 1. The van der Waals surface area contributed by atoms with Gasteiger partial charge in [-0.15, -0.1) is 0 Å². The zero-order valence-electron chi connectivity index (χ0n) is 10.8. The highest BCUT2D eigenvalue weighted by molar-refractivity contribution is 5.28. The van der Waals surface area contributed by atoms with E-state index in [4.69, 9.17) is 0 Å². The van der Waals surface area contributed by atoms with Crippen LogP contribution in [0.4, 0.5) is 17.6 Å². The Kier molecular flexibility index (Phi) is 5.79. The second-order valence-electron chi connectivity index (χ2n) is 4.64. The minimum atomic E-state index is -4.60. The second-order valence-corrected chi connectivity index (χ2v) is 4.64. The summed E-state index contributed by atoms with van der Waals surface area (Å²) in [5.41, 5.74) is -1.07. The number of rotatable bonds is 6. The predicted octanol–water partition coefficient (Wildman–Crippen LogP) is 4.85. The van der Waals surface area contributed by atoms with Crippen LogP contribution in [0.25, 0.3) is 0 Å². The first-order valence-electron chi connectivity index (χ1n) is 6.40. The summed E-state index contributed by atoms with van der Waals surface area (Å²) in [4.78, 5) is 0. The summed E-state index contributed by atoms with van der Waals surface area (Å²) in [6, 6.07) is 2.21. The number of halogens is 4. The van der Waals surface area contributed by atoms with Crippen molar-refractivity contribution in [1.82, 2.24) is 0 Å². The fourth-order valence-electron chi connectivity index (χ4n) is 1.90. The molecule has 0 bridgehead atoms. The Balaban J connectivity index is 2.74. The fourth-order valence-corrected chi connectivity index (χ4v) is 1.90. The number of aliphatic hydroxyl groups excluding tert-OH is 1. The van der Waals surface area contributed by atoms with Crippen molar-refractivity contribution in [3.05, 3.63) is 35.1 Å². The summed E-state index contributed by atoms with van der Waals surface area (Å²) < 4.78 is 50.7. The van der Waals surface area contributed by atoms with Crippen molar-refractivity contribution >= 4 is 0 Å². The first kappa shape index (κ1) is 16.0. The zero-order valence-corrected chi connectivity index (χ0v) is 10.8. The molecule has 0 saturated carbocycles. The molecule has 1 rings (SSSR count). The predicted molar refractivity (Wildman–Crippen MR) is 65.1 cm³/mol. The lowest BCUT2D eigenvalue weighted by Gasteiger charge is -2.14. The first-order chi connectivity index (χ1) is 8.84. The van der Waals surface area contributed by atoms with Crippen molar-refractivity contribution in [2.24, 2.45) is 0 Å². The molecule has 0 aromatic heterocycles. The molecular weight excluding hydrogens is 260 g/mol. The van der Waals surface area contributed by atoms with Crippen molar-refractivity contribution in [2.45, 2.75) is 51.3 Å². The van der Waals surface area contributed by atoms with E-state index in [1.54, 1.807) is 0 Å². The van der Waals surface area contributed by atoms with Crippen molar-refractivity contribution in [3.8, 4) is 0 Å². The maximum atomic E-state index is 13.2. The molecule has 108 valence electrons. The van der Waals surface area contributed by atoms with Gasteiger partial charge in [-0.2, -0.15) is 13.2 Å². The minimum Gasteiger partial charge on any atom is -0.388 e. The third-order valence-corrected chi connectivity index (χ3v) is 2.96. The van der Waals surface area contributed by atoms with Crippen LogP contribution < -0.4 is 0 Å². The van der Waals surface area contributed by atoms with Crippen LogP contribution in [0.3, 0.4) is 0 Å². The number of benzene rings is 1. The molecule has 19 heavy (non-hydrogen) atoms. The Morgan fingerprint density at radius 3 is 2.37 bits per heavy atom.